The molecule has 2 N–H and O–H groups in total. The number of amides is 2. The Balaban J connectivity index is 1.79. The lowest BCUT2D eigenvalue weighted by atomic mass is 10.0. The number of hydrogen-bond acceptors (Lipinski definition) is 3. The molecular formula is C22H22N2O2S. The van der Waals surface area contributed by atoms with E-state index >= 15 is 0 Å². The van der Waals surface area contributed by atoms with Gasteiger partial charge < -0.3 is 10.6 Å². The van der Waals surface area contributed by atoms with Crippen LogP contribution in [0.15, 0.2) is 66.0 Å². The van der Waals surface area contributed by atoms with E-state index in [4.69, 9.17) is 0 Å². The van der Waals surface area contributed by atoms with Crippen LogP contribution < -0.4 is 10.6 Å². The van der Waals surface area contributed by atoms with Crippen molar-refractivity contribution in [2.75, 3.05) is 5.32 Å². The first-order valence-corrected chi connectivity index (χ1v) is 9.66. The van der Waals surface area contributed by atoms with Gasteiger partial charge in [0.15, 0.2) is 0 Å². The van der Waals surface area contributed by atoms with E-state index in [2.05, 4.69) is 16.7 Å². The zero-order valence-electron chi connectivity index (χ0n) is 15.4. The van der Waals surface area contributed by atoms with Crippen LogP contribution in [0.3, 0.4) is 0 Å². The SMILES string of the molecule is Cc1cc(C)cc(NC(=O)[C@H](Cc2ccccc2)NC(=O)c2cccs2)c1. The van der Waals surface area contributed by atoms with Gasteiger partial charge in [-0.05, 0) is 54.1 Å². The molecule has 3 aromatic rings. The fourth-order valence-corrected chi connectivity index (χ4v) is 3.60. The Morgan fingerprint density at radius 2 is 1.67 bits per heavy atom. The second kappa shape index (κ2) is 8.64. The smallest absolute Gasteiger partial charge is 0.262 e. The Bertz CT molecular complexity index is 901. The molecular weight excluding hydrogens is 356 g/mol. The molecule has 138 valence electrons. The number of anilines is 1. The molecule has 0 aliphatic heterocycles. The molecule has 0 unspecified atom stereocenters. The van der Waals surface area contributed by atoms with Crippen molar-refractivity contribution >= 4 is 28.8 Å². The number of benzene rings is 2. The third-order valence-corrected chi connectivity index (χ3v) is 5.01. The second-order valence-corrected chi connectivity index (χ2v) is 7.51. The van der Waals surface area contributed by atoms with Crippen LogP contribution in [0.1, 0.15) is 26.4 Å². The molecule has 0 saturated carbocycles. The predicted molar refractivity (Wildman–Crippen MR) is 110 cm³/mol. The summed E-state index contributed by atoms with van der Waals surface area (Å²) in [6.45, 7) is 3.98. The number of thiophene rings is 1. The van der Waals surface area contributed by atoms with E-state index in [-0.39, 0.29) is 11.8 Å². The molecule has 0 spiro atoms. The molecule has 2 aromatic carbocycles. The standard InChI is InChI=1S/C22H22N2O2S/c1-15-11-16(2)13-18(12-15)23-21(25)19(14-17-7-4-3-5-8-17)24-22(26)20-9-6-10-27-20/h3-13,19H,14H2,1-2H3,(H,23,25)(H,24,26)/t19-/m0/s1. The van der Waals surface area contributed by atoms with Crippen LogP contribution in [-0.4, -0.2) is 17.9 Å². The molecule has 0 aliphatic carbocycles. The van der Waals surface area contributed by atoms with Crippen molar-refractivity contribution in [3.63, 3.8) is 0 Å². The van der Waals surface area contributed by atoms with E-state index in [0.29, 0.717) is 11.3 Å². The van der Waals surface area contributed by atoms with E-state index in [9.17, 15) is 9.59 Å². The van der Waals surface area contributed by atoms with Crippen molar-refractivity contribution in [2.24, 2.45) is 0 Å². The number of carbonyl (C=O) groups is 2. The van der Waals surface area contributed by atoms with Crippen molar-refractivity contribution < 1.29 is 9.59 Å². The molecule has 4 nitrogen and oxygen atoms in total. The van der Waals surface area contributed by atoms with E-state index in [1.165, 1.54) is 11.3 Å². The molecule has 0 radical (unpaired) electrons. The van der Waals surface area contributed by atoms with Crippen molar-refractivity contribution in [1.82, 2.24) is 5.32 Å². The van der Waals surface area contributed by atoms with E-state index in [0.717, 1.165) is 22.4 Å². The average Bonchev–Trinajstić information content (AvgIpc) is 3.16. The number of aryl methyl sites for hydroxylation is 2. The van der Waals surface area contributed by atoms with Crippen LogP contribution in [-0.2, 0) is 11.2 Å². The van der Waals surface area contributed by atoms with Gasteiger partial charge in [-0.2, -0.15) is 0 Å². The van der Waals surface area contributed by atoms with Crippen LogP contribution in [0.25, 0.3) is 0 Å². The summed E-state index contributed by atoms with van der Waals surface area (Å²) in [6, 6.07) is 18.5. The van der Waals surface area contributed by atoms with Gasteiger partial charge in [-0.25, -0.2) is 0 Å². The van der Waals surface area contributed by atoms with Crippen molar-refractivity contribution in [2.45, 2.75) is 26.3 Å². The largest absolute Gasteiger partial charge is 0.339 e. The summed E-state index contributed by atoms with van der Waals surface area (Å²) in [4.78, 5) is 26.0. The Kier molecular flexibility index (Phi) is 6.04. The van der Waals surface area contributed by atoms with E-state index in [1.807, 2.05) is 67.8 Å². The molecule has 0 saturated heterocycles. The first-order chi connectivity index (χ1) is 13.0. The highest BCUT2D eigenvalue weighted by atomic mass is 32.1. The molecule has 0 bridgehead atoms. The molecule has 0 aliphatic rings. The van der Waals surface area contributed by atoms with Gasteiger partial charge in [0.25, 0.3) is 5.91 Å². The zero-order valence-corrected chi connectivity index (χ0v) is 16.2. The summed E-state index contributed by atoms with van der Waals surface area (Å²) in [5.41, 5.74) is 3.88. The number of hydrogen-bond donors (Lipinski definition) is 2. The van der Waals surface area contributed by atoms with Crippen molar-refractivity contribution in [3.05, 3.63) is 87.6 Å². The summed E-state index contributed by atoms with van der Waals surface area (Å²) in [5.74, 6) is -0.463. The molecule has 3 rings (SSSR count). The minimum absolute atomic E-state index is 0.228. The quantitative estimate of drug-likeness (QED) is 0.670. The summed E-state index contributed by atoms with van der Waals surface area (Å²) < 4.78 is 0. The maximum atomic E-state index is 12.9. The Labute approximate surface area is 163 Å². The molecule has 1 aromatic heterocycles. The van der Waals surface area contributed by atoms with Gasteiger partial charge in [-0.3, -0.25) is 9.59 Å². The Morgan fingerprint density at radius 1 is 0.963 bits per heavy atom. The highest BCUT2D eigenvalue weighted by Gasteiger charge is 2.22. The van der Waals surface area contributed by atoms with E-state index in [1.54, 1.807) is 6.07 Å². The van der Waals surface area contributed by atoms with Crippen LogP contribution >= 0.6 is 11.3 Å². The average molecular weight is 378 g/mol. The number of rotatable bonds is 6. The van der Waals surface area contributed by atoms with E-state index < -0.39 is 6.04 Å². The van der Waals surface area contributed by atoms with Gasteiger partial charge in [-0.1, -0.05) is 42.5 Å². The minimum atomic E-state index is -0.664. The predicted octanol–water partition coefficient (Wildman–Crippen LogP) is 4.34. The molecule has 1 atom stereocenters. The maximum absolute atomic E-state index is 12.9. The zero-order chi connectivity index (χ0) is 19.2. The summed E-state index contributed by atoms with van der Waals surface area (Å²) in [6.07, 6.45) is 0.425. The van der Waals surface area contributed by atoms with Gasteiger partial charge in [-0.15, -0.1) is 11.3 Å². The van der Waals surface area contributed by atoms with Gasteiger partial charge in [0.05, 0.1) is 4.88 Å². The normalized spacial score (nSPS) is 11.6. The lowest BCUT2D eigenvalue weighted by molar-refractivity contribution is -0.118. The highest BCUT2D eigenvalue weighted by molar-refractivity contribution is 7.12. The number of nitrogens with one attached hydrogen (secondary N) is 2. The minimum Gasteiger partial charge on any atom is -0.339 e. The van der Waals surface area contributed by atoms with Crippen LogP contribution in [0.2, 0.25) is 0 Å². The lowest BCUT2D eigenvalue weighted by Gasteiger charge is -2.19. The van der Waals surface area contributed by atoms with Crippen molar-refractivity contribution in [3.8, 4) is 0 Å². The summed E-state index contributed by atoms with van der Waals surface area (Å²) >= 11 is 1.36. The highest BCUT2D eigenvalue weighted by Crippen LogP contribution is 2.15. The molecule has 1 heterocycles. The third-order valence-electron chi connectivity index (χ3n) is 4.14. The van der Waals surface area contributed by atoms with Gasteiger partial charge in [0.2, 0.25) is 5.91 Å². The third kappa shape index (κ3) is 5.28. The fraction of sp³-hybridized carbons (Fsp3) is 0.182. The van der Waals surface area contributed by atoms with Crippen LogP contribution in [0.4, 0.5) is 5.69 Å². The molecule has 27 heavy (non-hydrogen) atoms. The van der Waals surface area contributed by atoms with Crippen LogP contribution in [0.5, 0.6) is 0 Å². The molecule has 0 fully saturated rings. The van der Waals surface area contributed by atoms with Crippen molar-refractivity contribution in [1.29, 1.82) is 0 Å². The monoisotopic (exact) mass is 378 g/mol. The molecule has 2 amide bonds. The first kappa shape index (κ1) is 18.9. The second-order valence-electron chi connectivity index (χ2n) is 6.56. The summed E-state index contributed by atoms with van der Waals surface area (Å²) in [7, 11) is 0. The van der Waals surface area contributed by atoms with Gasteiger partial charge in [0.1, 0.15) is 6.04 Å². The fourth-order valence-electron chi connectivity index (χ4n) is 2.97. The summed E-state index contributed by atoms with van der Waals surface area (Å²) in [5, 5.41) is 7.66. The van der Waals surface area contributed by atoms with Gasteiger partial charge in [0, 0.05) is 12.1 Å². The maximum Gasteiger partial charge on any atom is 0.262 e. The molecule has 5 heteroatoms. The Morgan fingerprint density at radius 3 is 2.30 bits per heavy atom. The first-order valence-electron chi connectivity index (χ1n) is 8.79. The topological polar surface area (TPSA) is 58.2 Å². The van der Waals surface area contributed by atoms with Crippen LogP contribution in [0, 0.1) is 13.8 Å². The lowest BCUT2D eigenvalue weighted by Crippen LogP contribution is -2.45. The van der Waals surface area contributed by atoms with Gasteiger partial charge >= 0.3 is 0 Å². The Hall–Kier alpha value is -2.92. The number of carbonyl (C=O) groups excluding carboxylic acids is 2.